The molecule has 0 saturated carbocycles. The van der Waals surface area contributed by atoms with Crippen LogP contribution in [0.5, 0.6) is 0 Å². The highest BCUT2D eigenvalue weighted by atomic mass is 16.5. The number of aliphatic hydroxyl groups excluding tert-OH is 2. The minimum atomic E-state index is -0.872. The molecule has 0 bridgehead atoms. The van der Waals surface area contributed by atoms with Crippen LogP contribution < -0.4 is 5.32 Å². The number of carbonyl (C=O) groups excluding carboxylic acids is 2. The second-order valence-electron chi connectivity index (χ2n) is 16.1. The molecule has 0 aromatic carbocycles. The lowest BCUT2D eigenvalue weighted by Crippen LogP contribution is -2.45. The first-order valence-corrected chi connectivity index (χ1v) is 23.6. The molecule has 0 aromatic heterocycles. The van der Waals surface area contributed by atoms with E-state index in [1.807, 2.05) is 6.08 Å². The molecular weight excluding hydrogens is 671 g/mol. The molecule has 6 nitrogen and oxygen atoms in total. The van der Waals surface area contributed by atoms with Gasteiger partial charge in [0.2, 0.25) is 5.91 Å². The number of hydrogen-bond acceptors (Lipinski definition) is 5. The van der Waals surface area contributed by atoms with Crippen LogP contribution in [0.3, 0.4) is 0 Å². The Labute approximate surface area is 335 Å². The van der Waals surface area contributed by atoms with Gasteiger partial charge in [-0.3, -0.25) is 9.59 Å². The van der Waals surface area contributed by atoms with E-state index in [1.165, 1.54) is 148 Å². The van der Waals surface area contributed by atoms with Crippen molar-refractivity contribution in [2.75, 3.05) is 13.2 Å². The standard InChI is InChI=1S/C48H91NO5/c1-3-5-7-9-11-13-15-16-17-18-19-20-21-22-26-30-34-38-42-48(53)54-43-39-35-31-27-23-25-29-33-37-41-47(52)49-45(44-50)46(51)40-36-32-28-24-14-12-10-8-6-4-2/h25,29,36,40,45-46,50-51H,3-24,26-28,30-35,37-39,41-44H2,1-2H3,(H,49,52)/b29-25-,40-36+. The number of rotatable bonds is 43. The van der Waals surface area contributed by atoms with E-state index >= 15 is 0 Å². The van der Waals surface area contributed by atoms with Gasteiger partial charge in [0, 0.05) is 12.8 Å². The average Bonchev–Trinajstić information content (AvgIpc) is 3.17. The third-order valence-corrected chi connectivity index (χ3v) is 10.7. The van der Waals surface area contributed by atoms with Crippen molar-refractivity contribution < 1.29 is 24.5 Å². The number of aliphatic hydroxyl groups is 2. The van der Waals surface area contributed by atoms with Gasteiger partial charge in [-0.15, -0.1) is 0 Å². The number of amides is 1. The normalized spacial score (nSPS) is 12.9. The van der Waals surface area contributed by atoms with Crippen molar-refractivity contribution in [1.29, 1.82) is 0 Å². The molecule has 1 amide bonds. The van der Waals surface area contributed by atoms with E-state index in [0.717, 1.165) is 70.6 Å². The molecule has 0 aliphatic carbocycles. The van der Waals surface area contributed by atoms with Gasteiger partial charge < -0.3 is 20.3 Å². The second-order valence-corrected chi connectivity index (χ2v) is 16.1. The number of allylic oxidation sites excluding steroid dienone is 3. The van der Waals surface area contributed by atoms with Crippen LogP contribution in [-0.4, -0.2) is 47.4 Å². The van der Waals surface area contributed by atoms with E-state index < -0.39 is 12.1 Å². The Kier molecular flexibility index (Phi) is 42.7. The Balaban J connectivity index is 3.52. The van der Waals surface area contributed by atoms with Crippen molar-refractivity contribution in [1.82, 2.24) is 5.32 Å². The summed E-state index contributed by atoms with van der Waals surface area (Å²) in [5.74, 6) is -0.165. The van der Waals surface area contributed by atoms with Gasteiger partial charge in [0.15, 0.2) is 0 Å². The summed E-state index contributed by atoms with van der Waals surface area (Å²) in [7, 11) is 0. The van der Waals surface area contributed by atoms with Crippen molar-refractivity contribution in [3.63, 3.8) is 0 Å². The van der Waals surface area contributed by atoms with E-state index in [2.05, 4.69) is 31.3 Å². The number of unbranched alkanes of at least 4 members (excludes halogenated alkanes) is 30. The zero-order chi connectivity index (χ0) is 39.4. The van der Waals surface area contributed by atoms with Crippen molar-refractivity contribution in [3.05, 3.63) is 24.3 Å². The molecule has 0 heterocycles. The molecule has 3 N–H and O–H groups in total. The van der Waals surface area contributed by atoms with E-state index in [4.69, 9.17) is 4.74 Å². The van der Waals surface area contributed by atoms with Crippen LogP contribution in [0.2, 0.25) is 0 Å². The SMILES string of the molecule is CCCCCCCCCC/C=C/C(O)C(CO)NC(=O)CCC/C=C\CCCCCCOC(=O)CCCCCCCCCCCCCCCCCCCC. The summed E-state index contributed by atoms with van der Waals surface area (Å²) in [6.45, 7) is 4.79. The zero-order valence-corrected chi connectivity index (χ0v) is 36.0. The lowest BCUT2D eigenvalue weighted by molar-refractivity contribution is -0.143. The quantitative estimate of drug-likeness (QED) is 0.0327. The van der Waals surface area contributed by atoms with Crippen molar-refractivity contribution >= 4 is 11.9 Å². The van der Waals surface area contributed by atoms with E-state index in [9.17, 15) is 19.8 Å². The fraction of sp³-hybridized carbons (Fsp3) is 0.875. The molecule has 0 rings (SSSR count). The lowest BCUT2D eigenvalue weighted by atomic mass is 10.0. The molecular formula is C48H91NO5. The van der Waals surface area contributed by atoms with E-state index in [1.54, 1.807) is 6.08 Å². The summed E-state index contributed by atoms with van der Waals surface area (Å²) in [5, 5.41) is 22.8. The van der Waals surface area contributed by atoms with Gasteiger partial charge in [0.25, 0.3) is 0 Å². The van der Waals surface area contributed by atoms with Crippen LogP contribution in [0.15, 0.2) is 24.3 Å². The van der Waals surface area contributed by atoms with E-state index in [-0.39, 0.29) is 18.5 Å². The van der Waals surface area contributed by atoms with Crippen LogP contribution in [0.4, 0.5) is 0 Å². The molecule has 0 fully saturated rings. The van der Waals surface area contributed by atoms with Gasteiger partial charge in [0.1, 0.15) is 0 Å². The van der Waals surface area contributed by atoms with Gasteiger partial charge in [-0.1, -0.05) is 205 Å². The molecule has 0 aromatic rings. The van der Waals surface area contributed by atoms with Gasteiger partial charge in [0.05, 0.1) is 25.4 Å². The van der Waals surface area contributed by atoms with E-state index in [0.29, 0.717) is 19.4 Å². The zero-order valence-electron chi connectivity index (χ0n) is 36.0. The third kappa shape index (κ3) is 40.0. The van der Waals surface area contributed by atoms with Gasteiger partial charge in [-0.05, 0) is 51.4 Å². The Bertz CT molecular complexity index is 843. The Morgan fingerprint density at radius 2 is 0.889 bits per heavy atom. The summed E-state index contributed by atoms with van der Waals surface area (Å²) in [6, 6.07) is -0.662. The average molecular weight is 762 g/mol. The number of esters is 1. The molecule has 0 aliphatic rings. The van der Waals surface area contributed by atoms with Gasteiger partial charge in [-0.2, -0.15) is 0 Å². The molecule has 0 spiro atoms. The van der Waals surface area contributed by atoms with Crippen molar-refractivity contribution in [2.24, 2.45) is 0 Å². The monoisotopic (exact) mass is 762 g/mol. The fourth-order valence-corrected chi connectivity index (χ4v) is 7.05. The molecule has 54 heavy (non-hydrogen) atoms. The highest BCUT2D eigenvalue weighted by molar-refractivity contribution is 5.76. The summed E-state index contributed by atoms with van der Waals surface area (Å²) in [6.07, 6.45) is 50.4. The first-order valence-electron chi connectivity index (χ1n) is 23.6. The summed E-state index contributed by atoms with van der Waals surface area (Å²) in [4.78, 5) is 24.4. The summed E-state index contributed by atoms with van der Waals surface area (Å²) >= 11 is 0. The Hall–Kier alpha value is -1.66. The first kappa shape index (κ1) is 52.3. The number of hydrogen-bond donors (Lipinski definition) is 3. The highest BCUT2D eigenvalue weighted by Gasteiger charge is 2.17. The van der Waals surface area contributed by atoms with Crippen molar-refractivity contribution in [3.8, 4) is 0 Å². The number of carbonyl (C=O) groups is 2. The molecule has 6 heteroatoms. The van der Waals surface area contributed by atoms with Crippen LogP contribution in [0.25, 0.3) is 0 Å². The molecule has 0 aliphatic heterocycles. The highest BCUT2D eigenvalue weighted by Crippen LogP contribution is 2.15. The largest absolute Gasteiger partial charge is 0.466 e. The van der Waals surface area contributed by atoms with Crippen LogP contribution in [0.1, 0.15) is 245 Å². The van der Waals surface area contributed by atoms with Crippen LogP contribution >= 0.6 is 0 Å². The van der Waals surface area contributed by atoms with Crippen LogP contribution in [0, 0.1) is 0 Å². The fourth-order valence-electron chi connectivity index (χ4n) is 7.05. The summed E-state index contributed by atoms with van der Waals surface area (Å²) in [5.41, 5.74) is 0. The van der Waals surface area contributed by atoms with Crippen molar-refractivity contribution in [2.45, 2.75) is 257 Å². The number of nitrogens with one attached hydrogen (secondary N) is 1. The Morgan fingerprint density at radius 1 is 0.500 bits per heavy atom. The number of ether oxygens (including phenoxy) is 1. The molecule has 0 saturated heterocycles. The van der Waals surface area contributed by atoms with Gasteiger partial charge in [-0.25, -0.2) is 0 Å². The lowest BCUT2D eigenvalue weighted by Gasteiger charge is -2.19. The van der Waals surface area contributed by atoms with Gasteiger partial charge >= 0.3 is 5.97 Å². The molecule has 318 valence electrons. The first-order chi connectivity index (χ1) is 26.5. The molecule has 2 atom stereocenters. The second kappa shape index (κ2) is 44.1. The summed E-state index contributed by atoms with van der Waals surface area (Å²) < 4.78 is 5.44. The third-order valence-electron chi connectivity index (χ3n) is 10.7. The molecule has 0 radical (unpaired) electrons. The Morgan fingerprint density at radius 3 is 1.35 bits per heavy atom. The minimum Gasteiger partial charge on any atom is -0.466 e. The minimum absolute atomic E-state index is 0.0349. The maximum absolute atomic E-state index is 12.3. The van der Waals surface area contributed by atoms with Crippen LogP contribution in [-0.2, 0) is 14.3 Å². The predicted molar refractivity (Wildman–Crippen MR) is 232 cm³/mol. The topological polar surface area (TPSA) is 95.9 Å². The predicted octanol–water partition coefficient (Wildman–Crippen LogP) is 13.6. The smallest absolute Gasteiger partial charge is 0.305 e. The maximum Gasteiger partial charge on any atom is 0.305 e. The maximum atomic E-state index is 12.3. The molecule has 2 unspecified atom stereocenters.